The summed E-state index contributed by atoms with van der Waals surface area (Å²) in [5, 5.41) is 0. The van der Waals surface area contributed by atoms with Crippen LogP contribution in [0.4, 0.5) is 0 Å². The van der Waals surface area contributed by atoms with Crippen LogP contribution in [0.25, 0.3) is 0 Å². The number of carbonyl (C=O) groups excluding carboxylic acids is 1. The normalized spacial score (nSPS) is 31.6. The lowest BCUT2D eigenvalue weighted by molar-refractivity contribution is -0.112. The van der Waals surface area contributed by atoms with Crippen molar-refractivity contribution in [1.82, 2.24) is 0 Å². The number of ketones is 1. The highest BCUT2D eigenvalue weighted by atomic mass is 16.1. The van der Waals surface area contributed by atoms with Crippen LogP contribution in [0.5, 0.6) is 0 Å². The topological polar surface area (TPSA) is 17.1 Å². The summed E-state index contributed by atoms with van der Waals surface area (Å²) in [5.41, 5.74) is 0. The molecule has 0 aromatic rings. The van der Waals surface area contributed by atoms with Gasteiger partial charge in [-0.2, -0.15) is 0 Å². The lowest BCUT2D eigenvalue weighted by Crippen LogP contribution is -2.13. The van der Waals surface area contributed by atoms with Crippen LogP contribution < -0.4 is 0 Å². The Morgan fingerprint density at radius 1 is 1.21 bits per heavy atom. The Balaban J connectivity index is 2.56. The SMILES string of the molecule is CCCC/C=C\C[C@@H]1[C@@H](/C=C/C(C)=O)[C@H](C)C[C@@H]1C. The maximum Gasteiger partial charge on any atom is 0.152 e. The lowest BCUT2D eigenvalue weighted by Gasteiger charge is -2.20. The van der Waals surface area contributed by atoms with Gasteiger partial charge >= 0.3 is 0 Å². The van der Waals surface area contributed by atoms with Gasteiger partial charge in [-0.25, -0.2) is 0 Å². The summed E-state index contributed by atoms with van der Waals surface area (Å²) >= 11 is 0. The summed E-state index contributed by atoms with van der Waals surface area (Å²) in [6.07, 6.45) is 14.9. The smallest absolute Gasteiger partial charge is 0.152 e. The second-order valence-corrected chi connectivity index (χ2v) is 6.25. The largest absolute Gasteiger partial charge is 0.295 e. The summed E-state index contributed by atoms with van der Waals surface area (Å²) in [5.74, 6) is 2.94. The van der Waals surface area contributed by atoms with E-state index in [2.05, 4.69) is 39.0 Å². The zero-order valence-electron chi connectivity index (χ0n) is 13.1. The monoisotopic (exact) mass is 262 g/mol. The molecule has 0 spiro atoms. The second-order valence-electron chi connectivity index (χ2n) is 6.25. The number of hydrogen-bond donors (Lipinski definition) is 0. The maximum absolute atomic E-state index is 11.1. The Morgan fingerprint density at radius 2 is 1.95 bits per heavy atom. The average molecular weight is 262 g/mol. The molecule has 0 bridgehead atoms. The van der Waals surface area contributed by atoms with Crippen molar-refractivity contribution in [1.29, 1.82) is 0 Å². The molecule has 0 heterocycles. The van der Waals surface area contributed by atoms with Crippen molar-refractivity contribution in [2.45, 2.75) is 59.8 Å². The van der Waals surface area contributed by atoms with E-state index < -0.39 is 0 Å². The zero-order chi connectivity index (χ0) is 14.3. The molecule has 1 heteroatoms. The number of carbonyl (C=O) groups is 1. The molecular formula is C18H30O. The Morgan fingerprint density at radius 3 is 2.58 bits per heavy atom. The van der Waals surface area contributed by atoms with Crippen molar-refractivity contribution in [3.05, 3.63) is 24.3 Å². The fourth-order valence-corrected chi connectivity index (χ4v) is 3.38. The number of hydrogen-bond acceptors (Lipinski definition) is 1. The van der Waals surface area contributed by atoms with Crippen LogP contribution in [0.2, 0.25) is 0 Å². The predicted octanol–water partition coefficient (Wildman–Crippen LogP) is 5.18. The lowest BCUT2D eigenvalue weighted by atomic mass is 9.85. The Bertz CT molecular complexity index is 327. The third kappa shape index (κ3) is 5.34. The molecular weight excluding hydrogens is 232 g/mol. The summed E-state index contributed by atoms with van der Waals surface area (Å²) in [7, 11) is 0. The molecule has 0 unspecified atom stereocenters. The number of unbranched alkanes of at least 4 members (excludes halogenated alkanes) is 2. The van der Waals surface area contributed by atoms with Crippen molar-refractivity contribution in [2.75, 3.05) is 0 Å². The molecule has 1 aliphatic carbocycles. The van der Waals surface area contributed by atoms with E-state index in [0.29, 0.717) is 17.8 Å². The molecule has 1 saturated carbocycles. The molecule has 0 radical (unpaired) electrons. The fraction of sp³-hybridized carbons (Fsp3) is 0.722. The van der Waals surface area contributed by atoms with Crippen LogP contribution >= 0.6 is 0 Å². The second kappa shape index (κ2) is 8.35. The first-order valence-electron chi connectivity index (χ1n) is 7.90. The van der Waals surface area contributed by atoms with Gasteiger partial charge in [-0.1, -0.05) is 51.8 Å². The van der Waals surface area contributed by atoms with E-state index in [4.69, 9.17) is 0 Å². The van der Waals surface area contributed by atoms with Crippen LogP contribution in [0.15, 0.2) is 24.3 Å². The Kier molecular flexibility index (Phi) is 7.12. The minimum absolute atomic E-state index is 0.170. The molecule has 19 heavy (non-hydrogen) atoms. The first-order chi connectivity index (χ1) is 9.06. The minimum Gasteiger partial charge on any atom is -0.295 e. The van der Waals surface area contributed by atoms with E-state index in [-0.39, 0.29) is 5.78 Å². The van der Waals surface area contributed by atoms with Gasteiger partial charge in [0.1, 0.15) is 0 Å². The van der Waals surface area contributed by atoms with Crippen LogP contribution in [0, 0.1) is 23.7 Å². The molecule has 4 atom stereocenters. The summed E-state index contributed by atoms with van der Waals surface area (Å²) in [6.45, 7) is 8.56. The van der Waals surface area contributed by atoms with Gasteiger partial charge in [0.25, 0.3) is 0 Å². The van der Waals surface area contributed by atoms with Gasteiger partial charge in [0.2, 0.25) is 0 Å². The van der Waals surface area contributed by atoms with Gasteiger partial charge in [0.05, 0.1) is 0 Å². The van der Waals surface area contributed by atoms with E-state index in [1.54, 1.807) is 13.0 Å². The van der Waals surface area contributed by atoms with Crippen LogP contribution in [-0.2, 0) is 4.79 Å². The molecule has 0 aromatic heterocycles. The van der Waals surface area contributed by atoms with Crippen LogP contribution in [0.3, 0.4) is 0 Å². The molecule has 0 amide bonds. The van der Waals surface area contributed by atoms with Crippen molar-refractivity contribution in [3.63, 3.8) is 0 Å². The first-order valence-corrected chi connectivity index (χ1v) is 7.90. The van der Waals surface area contributed by atoms with Gasteiger partial charge in [-0.15, -0.1) is 0 Å². The van der Waals surface area contributed by atoms with Gasteiger partial charge in [0, 0.05) is 0 Å². The van der Waals surface area contributed by atoms with Gasteiger partial charge in [0.15, 0.2) is 5.78 Å². The quantitative estimate of drug-likeness (QED) is 0.351. The third-order valence-corrected chi connectivity index (χ3v) is 4.48. The molecule has 0 aromatic carbocycles. The third-order valence-electron chi connectivity index (χ3n) is 4.48. The van der Waals surface area contributed by atoms with E-state index in [1.165, 1.54) is 32.1 Å². The maximum atomic E-state index is 11.1. The molecule has 1 aliphatic rings. The highest BCUT2D eigenvalue weighted by Crippen LogP contribution is 2.44. The van der Waals surface area contributed by atoms with Crippen molar-refractivity contribution < 1.29 is 4.79 Å². The first kappa shape index (κ1) is 16.2. The fourth-order valence-electron chi connectivity index (χ4n) is 3.38. The van der Waals surface area contributed by atoms with Crippen LogP contribution in [-0.4, -0.2) is 5.78 Å². The van der Waals surface area contributed by atoms with Crippen molar-refractivity contribution in [3.8, 4) is 0 Å². The Hall–Kier alpha value is -0.850. The predicted molar refractivity (Wildman–Crippen MR) is 83.0 cm³/mol. The highest BCUT2D eigenvalue weighted by molar-refractivity contribution is 5.87. The van der Waals surface area contributed by atoms with Gasteiger partial charge in [-0.3, -0.25) is 4.79 Å². The summed E-state index contributed by atoms with van der Waals surface area (Å²) in [4.78, 5) is 11.1. The number of rotatable bonds is 7. The van der Waals surface area contributed by atoms with Crippen LogP contribution in [0.1, 0.15) is 59.8 Å². The highest BCUT2D eigenvalue weighted by Gasteiger charge is 2.36. The zero-order valence-corrected chi connectivity index (χ0v) is 13.1. The van der Waals surface area contributed by atoms with E-state index in [1.807, 2.05) is 0 Å². The van der Waals surface area contributed by atoms with E-state index >= 15 is 0 Å². The molecule has 1 fully saturated rings. The number of allylic oxidation sites excluding steroid dienone is 4. The molecule has 108 valence electrons. The van der Waals surface area contributed by atoms with Crippen molar-refractivity contribution >= 4 is 5.78 Å². The molecule has 0 saturated heterocycles. The van der Waals surface area contributed by atoms with E-state index in [0.717, 1.165) is 5.92 Å². The summed E-state index contributed by atoms with van der Waals surface area (Å²) < 4.78 is 0. The standard InChI is InChI=1S/C18H30O/c1-5-6-7-8-9-10-17-14(2)13-15(3)18(17)12-11-16(4)19/h8-9,11-12,14-15,17-18H,5-7,10,13H2,1-4H3/b9-8-,12-11+/t14-,15+,17-,18-/m0/s1. The Labute approximate surface area is 119 Å². The van der Waals surface area contributed by atoms with Crippen molar-refractivity contribution in [2.24, 2.45) is 23.7 Å². The molecule has 0 aliphatic heterocycles. The molecule has 0 N–H and O–H groups in total. The van der Waals surface area contributed by atoms with Gasteiger partial charge in [-0.05, 0) is 55.9 Å². The van der Waals surface area contributed by atoms with E-state index in [9.17, 15) is 4.79 Å². The van der Waals surface area contributed by atoms with Gasteiger partial charge < -0.3 is 0 Å². The average Bonchev–Trinajstić information content (AvgIpc) is 2.61. The summed E-state index contributed by atoms with van der Waals surface area (Å²) in [6, 6.07) is 0. The minimum atomic E-state index is 0.170. The molecule has 1 rings (SSSR count). The molecule has 1 nitrogen and oxygen atoms in total.